The SMILES string of the molecule is Nc1ncc(-c2cccc(C3CC3)c2S(N)(=O)=O)nc1C(=O)c1ccccc1. The second-order valence-corrected chi connectivity index (χ2v) is 8.23. The number of sulfonamides is 1. The Labute approximate surface area is 162 Å². The highest BCUT2D eigenvalue weighted by atomic mass is 32.2. The highest BCUT2D eigenvalue weighted by Gasteiger charge is 2.31. The summed E-state index contributed by atoms with van der Waals surface area (Å²) in [6.45, 7) is 0. The van der Waals surface area contributed by atoms with Gasteiger partial charge in [0, 0.05) is 11.1 Å². The molecule has 0 bridgehead atoms. The number of aromatic nitrogens is 2. The Balaban J connectivity index is 1.88. The van der Waals surface area contributed by atoms with E-state index in [1.807, 2.05) is 0 Å². The van der Waals surface area contributed by atoms with Gasteiger partial charge in [0.25, 0.3) is 0 Å². The van der Waals surface area contributed by atoms with Crippen molar-refractivity contribution in [2.24, 2.45) is 5.14 Å². The Morgan fingerprint density at radius 2 is 1.75 bits per heavy atom. The number of primary sulfonamides is 1. The summed E-state index contributed by atoms with van der Waals surface area (Å²) in [5.74, 6) is -0.239. The maximum absolute atomic E-state index is 12.8. The lowest BCUT2D eigenvalue weighted by Gasteiger charge is -2.13. The number of anilines is 1. The van der Waals surface area contributed by atoms with Crippen LogP contribution in [0.1, 0.15) is 40.4 Å². The Kier molecular flexibility index (Phi) is 4.44. The third-order valence-corrected chi connectivity index (χ3v) is 5.70. The number of nitrogen functional groups attached to an aromatic ring is 1. The zero-order valence-corrected chi connectivity index (χ0v) is 15.7. The summed E-state index contributed by atoms with van der Waals surface area (Å²) < 4.78 is 24.7. The number of nitrogens with two attached hydrogens (primary N) is 2. The van der Waals surface area contributed by atoms with E-state index in [-0.39, 0.29) is 33.8 Å². The van der Waals surface area contributed by atoms with Gasteiger partial charge in [-0.15, -0.1) is 0 Å². The molecule has 1 saturated carbocycles. The van der Waals surface area contributed by atoms with Crippen LogP contribution in [0.2, 0.25) is 0 Å². The molecule has 4 N–H and O–H groups in total. The molecule has 0 radical (unpaired) electrons. The summed E-state index contributed by atoms with van der Waals surface area (Å²) >= 11 is 0. The lowest BCUT2D eigenvalue weighted by Crippen LogP contribution is -2.17. The molecule has 1 fully saturated rings. The fourth-order valence-corrected chi connectivity index (χ4v) is 4.25. The van der Waals surface area contributed by atoms with Crippen LogP contribution in [0.15, 0.2) is 59.6 Å². The van der Waals surface area contributed by atoms with Gasteiger partial charge in [-0.1, -0.05) is 48.5 Å². The van der Waals surface area contributed by atoms with Crippen molar-refractivity contribution < 1.29 is 13.2 Å². The molecular formula is C20H18N4O3S. The zero-order chi connectivity index (χ0) is 19.9. The van der Waals surface area contributed by atoms with Crippen molar-refractivity contribution in [2.45, 2.75) is 23.7 Å². The average molecular weight is 394 g/mol. The van der Waals surface area contributed by atoms with Crippen molar-refractivity contribution in [2.75, 3.05) is 5.73 Å². The maximum atomic E-state index is 12.8. The molecule has 0 atom stereocenters. The largest absolute Gasteiger partial charge is 0.382 e. The van der Waals surface area contributed by atoms with Gasteiger partial charge in [-0.2, -0.15) is 0 Å². The molecule has 0 amide bonds. The van der Waals surface area contributed by atoms with Crippen LogP contribution in [-0.2, 0) is 10.0 Å². The number of ketones is 1. The molecule has 1 aromatic heterocycles. The van der Waals surface area contributed by atoms with Crippen LogP contribution in [0.3, 0.4) is 0 Å². The van der Waals surface area contributed by atoms with Crippen molar-refractivity contribution in [3.63, 3.8) is 0 Å². The Bertz CT molecular complexity index is 1170. The summed E-state index contributed by atoms with van der Waals surface area (Å²) in [6.07, 6.45) is 3.19. The molecule has 1 aliphatic rings. The van der Waals surface area contributed by atoms with Gasteiger partial charge in [0.15, 0.2) is 11.5 Å². The van der Waals surface area contributed by atoms with Crippen LogP contribution in [0.25, 0.3) is 11.3 Å². The van der Waals surface area contributed by atoms with E-state index in [2.05, 4.69) is 9.97 Å². The summed E-state index contributed by atoms with van der Waals surface area (Å²) in [4.78, 5) is 21.3. The first-order valence-electron chi connectivity index (χ1n) is 8.74. The summed E-state index contributed by atoms with van der Waals surface area (Å²) in [7, 11) is -4.00. The number of rotatable bonds is 5. The Morgan fingerprint density at radius 3 is 2.39 bits per heavy atom. The summed E-state index contributed by atoms with van der Waals surface area (Å²) in [5.41, 5.74) is 7.50. The molecule has 0 saturated heterocycles. The number of nitrogens with zero attached hydrogens (tertiary/aromatic N) is 2. The molecule has 0 aliphatic heterocycles. The highest BCUT2D eigenvalue weighted by Crippen LogP contribution is 2.44. The third-order valence-electron chi connectivity index (χ3n) is 4.67. The lowest BCUT2D eigenvalue weighted by molar-refractivity contribution is 0.103. The second-order valence-electron chi connectivity index (χ2n) is 6.73. The molecule has 0 spiro atoms. The lowest BCUT2D eigenvalue weighted by atomic mass is 10.0. The maximum Gasteiger partial charge on any atom is 0.239 e. The van der Waals surface area contributed by atoms with Crippen molar-refractivity contribution in [1.29, 1.82) is 0 Å². The van der Waals surface area contributed by atoms with E-state index in [1.54, 1.807) is 48.5 Å². The topological polar surface area (TPSA) is 129 Å². The van der Waals surface area contributed by atoms with Gasteiger partial charge in [0.2, 0.25) is 15.8 Å². The van der Waals surface area contributed by atoms with Crippen LogP contribution in [0, 0.1) is 0 Å². The molecule has 8 heteroatoms. The van der Waals surface area contributed by atoms with Gasteiger partial charge < -0.3 is 5.73 Å². The summed E-state index contributed by atoms with van der Waals surface area (Å²) in [6, 6.07) is 13.7. The average Bonchev–Trinajstić information content (AvgIpc) is 3.52. The number of hydrogen-bond acceptors (Lipinski definition) is 6. The van der Waals surface area contributed by atoms with E-state index in [0.29, 0.717) is 16.7 Å². The Hall–Kier alpha value is -3.10. The van der Waals surface area contributed by atoms with Gasteiger partial charge in [-0.25, -0.2) is 23.5 Å². The van der Waals surface area contributed by atoms with Gasteiger partial charge in [-0.3, -0.25) is 4.79 Å². The van der Waals surface area contributed by atoms with Crippen molar-refractivity contribution in [3.05, 3.63) is 71.5 Å². The van der Waals surface area contributed by atoms with E-state index in [9.17, 15) is 13.2 Å². The minimum absolute atomic E-state index is 0.0203. The van der Waals surface area contributed by atoms with Gasteiger partial charge >= 0.3 is 0 Å². The van der Waals surface area contributed by atoms with Crippen molar-refractivity contribution >= 4 is 21.6 Å². The molecule has 7 nitrogen and oxygen atoms in total. The highest BCUT2D eigenvalue weighted by molar-refractivity contribution is 7.89. The molecule has 1 aliphatic carbocycles. The van der Waals surface area contributed by atoms with E-state index in [4.69, 9.17) is 10.9 Å². The molecule has 0 unspecified atom stereocenters. The van der Waals surface area contributed by atoms with Crippen LogP contribution in [0.4, 0.5) is 5.82 Å². The van der Waals surface area contributed by atoms with Crippen LogP contribution in [0.5, 0.6) is 0 Å². The zero-order valence-electron chi connectivity index (χ0n) is 14.9. The first kappa shape index (κ1) is 18.3. The van der Waals surface area contributed by atoms with Gasteiger partial charge in [-0.05, 0) is 24.3 Å². The molecule has 4 rings (SSSR count). The minimum Gasteiger partial charge on any atom is -0.382 e. The molecular weight excluding hydrogens is 376 g/mol. The van der Waals surface area contributed by atoms with Gasteiger partial charge in [0.05, 0.1) is 16.8 Å². The standard InChI is InChI=1S/C20H18N4O3S/c21-20-17(18(25)13-5-2-1-3-6-13)24-16(11-23-20)15-8-4-7-14(12-9-10-12)19(15)28(22,26)27/h1-8,11-12H,9-10H2,(H2,21,23)(H2,22,26,27). The van der Waals surface area contributed by atoms with Crippen molar-refractivity contribution in [3.8, 4) is 11.3 Å². The molecule has 28 heavy (non-hydrogen) atoms. The Morgan fingerprint density at radius 1 is 1.04 bits per heavy atom. The van der Waals surface area contributed by atoms with Crippen LogP contribution in [-0.4, -0.2) is 24.2 Å². The van der Waals surface area contributed by atoms with E-state index in [0.717, 1.165) is 12.8 Å². The first-order valence-corrected chi connectivity index (χ1v) is 10.3. The second kappa shape index (κ2) is 6.81. The first-order chi connectivity index (χ1) is 13.4. The predicted octanol–water partition coefficient (Wildman–Crippen LogP) is 2.48. The predicted molar refractivity (Wildman–Crippen MR) is 105 cm³/mol. The molecule has 142 valence electrons. The van der Waals surface area contributed by atoms with E-state index < -0.39 is 10.0 Å². The number of carbonyl (C=O) groups is 1. The smallest absolute Gasteiger partial charge is 0.239 e. The fraction of sp³-hybridized carbons (Fsp3) is 0.150. The third kappa shape index (κ3) is 3.39. The van der Waals surface area contributed by atoms with Crippen LogP contribution < -0.4 is 10.9 Å². The fourth-order valence-electron chi connectivity index (χ4n) is 3.21. The number of hydrogen-bond donors (Lipinski definition) is 2. The van der Waals surface area contributed by atoms with E-state index in [1.165, 1.54) is 6.20 Å². The molecule has 1 heterocycles. The minimum atomic E-state index is -4.00. The quantitative estimate of drug-likeness (QED) is 0.640. The number of benzene rings is 2. The molecule has 2 aromatic carbocycles. The molecule has 3 aromatic rings. The van der Waals surface area contributed by atoms with E-state index >= 15 is 0 Å². The monoisotopic (exact) mass is 394 g/mol. The van der Waals surface area contributed by atoms with Gasteiger partial charge in [0.1, 0.15) is 0 Å². The number of carbonyl (C=O) groups excluding carboxylic acids is 1. The van der Waals surface area contributed by atoms with Crippen molar-refractivity contribution in [1.82, 2.24) is 9.97 Å². The summed E-state index contributed by atoms with van der Waals surface area (Å²) in [5, 5.41) is 5.51. The normalized spacial score (nSPS) is 14.0. The van der Waals surface area contributed by atoms with Crippen LogP contribution >= 0.6 is 0 Å².